The van der Waals surface area contributed by atoms with Gasteiger partial charge in [-0.2, -0.15) is 0 Å². The molecule has 13 nitrogen and oxygen atoms in total. The average Bonchev–Trinajstić information content (AvgIpc) is 3.55. The molecule has 5 aliphatic rings. The number of hydrogen-bond acceptors (Lipinski definition) is 10. The number of carbonyl (C=O) groups excluding carboxylic acids is 2. The number of fused-ring (bicyclic) bond motifs is 4. The van der Waals surface area contributed by atoms with Gasteiger partial charge in [-0.05, 0) is 58.0 Å². The summed E-state index contributed by atoms with van der Waals surface area (Å²) in [6.07, 6.45) is 6.26. The van der Waals surface area contributed by atoms with E-state index in [1.807, 2.05) is 35.1 Å². The van der Waals surface area contributed by atoms with Crippen molar-refractivity contribution in [3.05, 3.63) is 41.7 Å². The molecule has 0 saturated carbocycles. The Morgan fingerprint density at radius 1 is 0.935 bits per heavy atom. The molecule has 46 heavy (non-hydrogen) atoms. The van der Waals surface area contributed by atoms with Crippen LogP contribution >= 0.6 is 0 Å². The number of morpholine rings is 1. The fraction of sp³-hybridized carbons (Fsp3) is 0.697. The monoisotopic (exact) mass is 636 g/mol. The van der Waals surface area contributed by atoms with Crippen LogP contribution in [0, 0.1) is 0 Å². The molecule has 2 aromatic rings. The predicted octanol–water partition coefficient (Wildman–Crippen LogP) is 1.02. The Labute approximate surface area is 271 Å². The van der Waals surface area contributed by atoms with Gasteiger partial charge in [-0.15, -0.1) is 5.10 Å². The molecule has 2 bridgehead atoms. The maximum Gasteiger partial charge on any atom is 0.258 e. The highest BCUT2D eigenvalue weighted by molar-refractivity contribution is 6.00. The molecule has 4 fully saturated rings. The van der Waals surface area contributed by atoms with Gasteiger partial charge < -0.3 is 29.3 Å². The first kappa shape index (κ1) is 31.5. The van der Waals surface area contributed by atoms with E-state index in [2.05, 4.69) is 37.4 Å². The van der Waals surface area contributed by atoms with Gasteiger partial charge in [-0.3, -0.25) is 19.4 Å². The summed E-state index contributed by atoms with van der Waals surface area (Å²) in [6, 6.07) is 7.15. The summed E-state index contributed by atoms with van der Waals surface area (Å²) in [5.74, 6) is 0.264. The van der Waals surface area contributed by atoms with E-state index in [9.17, 15) is 9.59 Å². The number of para-hydroxylation sites is 1. The number of amides is 2. The van der Waals surface area contributed by atoms with E-state index in [1.54, 1.807) is 4.90 Å². The van der Waals surface area contributed by atoms with Crippen molar-refractivity contribution in [1.82, 2.24) is 39.9 Å². The highest BCUT2D eigenvalue weighted by atomic mass is 16.5. The number of benzene rings is 1. The maximum absolute atomic E-state index is 14.1. The zero-order valence-corrected chi connectivity index (χ0v) is 27.0. The molecule has 0 aliphatic carbocycles. The molecule has 0 spiro atoms. The summed E-state index contributed by atoms with van der Waals surface area (Å²) < 4.78 is 20.3. The Kier molecular flexibility index (Phi) is 9.82. The number of aromatic nitrogens is 3. The molecule has 5 aliphatic heterocycles. The molecule has 4 atom stereocenters. The molecule has 6 heterocycles. The molecule has 2 amide bonds. The molecule has 1 aromatic heterocycles. The van der Waals surface area contributed by atoms with E-state index in [1.165, 1.54) is 0 Å². The first-order valence-corrected chi connectivity index (χ1v) is 17.1. The topological polar surface area (TPSA) is 118 Å². The minimum absolute atomic E-state index is 0.0219. The average molecular weight is 637 g/mol. The van der Waals surface area contributed by atoms with Gasteiger partial charge in [0, 0.05) is 58.3 Å². The number of piperidine rings is 1. The zero-order valence-electron chi connectivity index (χ0n) is 27.0. The molecule has 0 radical (unpaired) electrons. The third-order valence-corrected chi connectivity index (χ3v) is 10.4. The van der Waals surface area contributed by atoms with Gasteiger partial charge in [0.15, 0.2) is 0 Å². The Balaban J connectivity index is 1.11. The third kappa shape index (κ3) is 7.08. The molecule has 7 rings (SSSR count). The lowest BCUT2D eigenvalue weighted by Gasteiger charge is -2.46. The van der Waals surface area contributed by atoms with Gasteiger partial charge in [0.25, 0.3) is 5.91 Å². The van der Waals surface area contributed by atoms with Crippen molar-refractivity contribution in [2.24, 2.45) is 0 Å². The Bertz CT molecular complexity index is 1340. The fourth-order valence-corrected chi connectivity index (χ4v) is 7.69. The van der Waals surface area contributed by atoms with Gasteiger partial charge in [-0.1, -0.05) is 17.3 Å². The van der Waals surface area contributed by atoms with Crippen molar-refractivity contribution in [2.45, 2.75) is 69.0 Å². The SMILES string of the molecule is CN1CCC(N2CCN3C(=O)c4ccccc4OCC[C@@H]4CC[C@@H](n5cc(CN6CCOCC6)nn5)[C@@H](CNC(=O)[C@@H]3C2)O4)CC1. The van der Waals surface area contributed by atoms with E-state index in [-0.39, 0.29) is 30.1 Å². The quantitative estimate of drug-likeness (QED) is 0.522. The van der Waals surface area contributed by atoms with E-state index in [0.29, 0.717) is 50.0 Å². The summed E-state index contributed by atoms with van der Waals surface area (Å²) in [5, 5.41) is 12.2. The summed E-state index contributed by atoms with van der Waals surface area (Å²) >= 11 is 0. The van der Waals surface area contributed by atoms with Gasteiger partial charge in [0.1, 0.15) is 11.8 Å². The van der Waals surface area contributed by atoms with E-state index >= 15 is 0 Å². The number of rotatable bonds is 4. The van der Waals surface area contributed by atoms with Crippen LogP contribution in [-0.2, 0) is 20.8 Å². The van der Waals surface area contributed by atoms with Crippen molar-refractivity contribution in [3.8, 4) is 5.75 Å². The highest BCUT2D eigenvalue weighted by Crippen LogP contribution is 2.32. The van der Waals surface area contributed by atoms with E-state index < -0.39 is 6.04 Å². The van der Waals surface area contributed by atoms with Crippen LogP contribution in [0.3, 0.4) is 0 Å². The molecule has 0 unspecified atom stereocenters. The number of ether oxygens (including phenoxy) is 3. The number of nitrogens with one attached hydrogen (secondary N) is 1. The molecule has 4 saturated heterocycles. The lowest BCUT2D eigenvalue weighted by Crippen LogP contribution is -2.63. The molecule has 1 aromatic carbocycles. The summed E-state index contributed by atoms with van der Waals surface area (Å²) in [5.41, 5.74) is 1.43. The Morgan fingerprint density at radius 3 is 2.61 bits per heavy atom. The minimum atomic E-state index is -0.610. The number of likely N-dealkylation sites (tertiary alicyclic amines) is 1. The van der Waals surface area contributed by atoms with Crippen LogP contribution in [0.15, 0.2) is 30.5 Å². The first-order valence-electron chi connectivity index (χ1n) is 17.1. The molecule has 250 valence electrons. The van der Waals surface area contributed by atoms with Gasteiger partial charge in [-0.25, -0.2) is 4.68 Å². The molecule has 13 heteroatoms. The lowest BCUT2D eigenvalue weighted by atomic mass is 9.96. The van der Waals surface area contributed by atoms with Crippen molar-refractivity contribution in [2.75, 3.05) is 79.2 Å². The van der Waals surface area contributed by atoms with Crippen LogP contribution in [0.5, 0.6) is 5.75 Å². The maximum atomic E-state index is 14.1. The second-order valence-corrected chi connectivity index (χ2v) is 13.4. The Morgan fingerprint density at radius 2 is 1.76 bits per heavy atom. The predicted molar refractivity (Wildman–Crippen MR) is 170 cm³/mol. The largest absolute Gasteiger partial charge is 0.493 e. The van der Waals surface area contributed by atoms with Crippen LogP contribution in [-0.4, -0.2) is 150 Å². The standard InChI is InChI=1S/C33H48N8O5/c1-37-11-8-25(9-12-37)39-13-14-40-29(23-39)32(42)34-20-31-28(41-22-24(35-36-41)21-38-15-18-44-19-16-38)7-6-26(46-31)10-17-45-30-5-3-2-4-27(30)33(40)43/h2-5,22,25-26,28-29,31H,6-21,23H2,1H3,(H,34,42)/t26-,28+,29-,31+/m0/s1. The van der Waals surface area contributed by atoms with E-state index in [4.69, 9.17) is 14.2 Å². The highest BCUT2D eigenvalue weighted by Gasteiger charge is 2.40. The van der Waals surface area contributed by atoms with Gasteiger partial charge in [0.05, 0.1) is 55.5 Å². The fourth-order valence-electron chi connectivity index (χ4n) is 7.69. The smallest absolute Gasteiger partial charge is 0.258 e. The van der Waals surface area contributed by atoms with Gasteiger partial charge >= 0.3 is 0 Å². The number of hydrogen-bond donors (Lipinski definition) is 1. The minimum Gasteiger partial charge on any atom is -0.493 e. The zero-order chi connectivity index (χ0) is 31.5. The Hall–Kier alpha value is -3.10. The molecular weight excluding hydrogens is 588 g/mol. The van der Waals surface area contributed by atoms with Crippen LogP contribution in [0.4, 0.5) is 0 Å². The van der Waals surface area contributed by atoms with E-state index in [0.717, 1.165) is 83.9 Å². The second kappa shape index (κ2) is 14.3. The van der Waals surface area contributed by atoms with Crippen molar-refractivity contribution in [3.63, 3.8) is 0 Å². The summed E-state index contributed by atoms with van der Waals surface area (Å²) in [4.78, 5) is 37.1. The van der Waals surface area contributed by atoms with Gasteiger partial charge in [0.2, 0.25) is 5.91 Å². The summed E-state index contributed by atoms with van der Waals surface area (Å²) in [7, 11) is 2.16. The van der Waals surface area contributed by atoms with Crippen LogP contribution < -0.4 is 10.1 Å². The molecular formula is C33H48N8O5. The van der Waals surface area contributed by atoms with Crippen molar-refractivity contribution >= 4 is 11.8 Å². The van der Waals surface area contributed by atoms with Crippen LogP contribution in [0.2, 0.25) is 0 Å². The van der Waals surface area contributed by atoms with Crippen molar-refractivity contribution < 1.29 is 23.8 Å². The number of carbonyl (C=O) groups is 2. The lowest BCUT2D eigenvalue weighted by molar-refractivity contribution is -0.131. The first-order chi connectivity index (χ1) is 22.5. The van der Waals surface area contributed by atoms with Crippen LogP contribution in [0.1, 0.15) is 54.2 Å². The number of piperazine rings is 1. The molecule has 1 N–H and O–H groups in total. The normalized spacial score (nSPS) is 29.7. The van der Waals surface area contributed by atoms with Crippen molar-refractivity contribution in [1.29, 1.82) is 0 Å². The van der Waals surface area contributed by atoms with Crippen LogP contribution in [0.25, 0.3) is 0 Å². The third-order valence-electron chi connectivity index (χ3n) is 10.4. The second-order valence-electron chi connectivity index (χ2n) is 13.4. The number of nitrogens with zero attached hydrogens (tertiary/aromatic N) is 7. The summed E-state index contributed by atoms with van der Waals surface area (Å²) in [6.45, 7) is 8.62.